The molecule has 0 spiro atoms. The first-order valence-corrected chi connectivity index (χ1v) is 8.94. The van der Waals surface area contributed by atoms with Gasteiger partial charge < -0.3 is 15.2 Å². The fraction of sp³-hybridized carbons (Fsp3) is 0.118. The summed E-state index contributed by atoms with van der Waals surface area (Å²) in [5.41, 5.74) is 6.58. The average molecular weight is 365 g/mol. The van der Waals surface area contributed by atoms with Gasteiger partial charge in [0.15, 0.2) is 0 Å². The molecule has 1 unspecified atom stereocenters. The molecule has 0 aliphatic heterocycles. The van der Waals surface area contributed by atoms with Crippen molar-refractivity contribution in [3.05, 3.63) is 59.0 Å². The Morgan fingerprint density at radius 2 is 2.00 bits per heavy atom. The van der Waals surface area contributed by atoms with Crippen LogP contribution in [-0.4, -0.2) is 17.5 Å². The normalized spacial score (nSPS) is 12.5. The summed E-state index contributed by atoms with van der Waals surface area (Å²) in [5, 5.41) is 2.78. The highest BCUT2D eigenvalue weighted by molar-refractivity contribution is 7.69. The number of aromatic nitrogens is 1. The van der Waals surface area contributed by atoms with Crippen LogP contribution < -0.4 is 16.3 Å². The second-order valence-corrected chi connectivity index (χ2v) is 7.34. The molecule has 0 aliphatic carbocycles. The van der Waals surface area contributed by atoms with Crippen LogP contribution in [0.5, 0.6) is 0 Å². The summed E-state index contributed by atoms with van der Waals surface area (Å²) in [6, 6.07) is 11.3. The van der Waals surface area contributed by atoms with Crippen LogP contribution in [0.25, 0.3) is 10.9 Å². The Hall–Kier alpha value is -1.94. The van der Waals surface area contributed by atoms with Crippen molar-refractivity contribution in [2.75, 3.05) is 6.61 Å². The summed E-state index contributed by atoms with van der Waals surface area (Å²) < 4.78 is 19.2. The van der Waals surface area contributed by atoms with E-state index in [2.05, 4.69) is 4.98 Å². The number of halogens is 2. The third-order valence-electron chi connectivity index (χ3n) is 3.50. The summed E-state index contributed by atoms with van der Waals surface area (Å²) in [7, 11) is -1.35. The van der Waals surface area contributed by atoms with E-state index in [4.69, 9.17) is 21.9 Å². The number of nitrogens with two attached hydrogens (primary N) is 1. The number of hydrogen-bond acceptors (Lipinski definition) is 2. The molecule has 2 aromatic carbocycles. The lowest BCUT2D eigenvalue weighted by Crippen LogP contribution is -2.23. The molecular formula is C17H15ClFN2O2P. The van der Waals surface area contributed by atoms with Crippen molar-refractivity contribution in [3.63, 3.8) is 0 Å². The predicted molar refractivity (Wildman–Crippen MR) is 96.0 cm³/mol. The first-order valence-electron chi connectivity index (χ1n) is 7.31. The van der Waals surface area contributed by atoms with Gasteiger partial charge >= 0.3 is 0 Å². The van der Waals surface area contributed by atoms with E-state index >= 15 is 0 Å². The van der Waals surface area contributed by atoms with Gasteiger partial charge in [-0.15, -0.1) is 0 Å². The van der Waals surface area contributed by atoms with E-state index in [1.165, 1.54) is 12.1 Å². The smallest absolute Gasteiger partial charge is 0.265 e. The van der Waals surface area contributed by atoms with Crippen LogP contribution >= 0.6 is 19.7 Å². The number of rotatable bonds is 5. The molecule has 7 heteroatoms. The number of carbonyl (C=O) groups excluding carboxylic acids is 1. The molecule has 4 nitrogen and oxygen atoms in total. The highest BCUT2D eigenvalue weighted by Gasteiger charge is 2.26. The molecule has 0 bridgehead atoms. The molecule has 1 heterocycles. The van der Waals surface area contributed by atoms with Gasteiger partial charge in [0.25, 0.3) is 5.91 Å². The van der Waals surface area contributed by atoms with Gasteiger partial charge in [0.1, 0.15) is 11.5 Å². The zero-order valence-corrected chi connectivity index (χ0v) is 14.5. The molecule has 0 saturated heterocycles. The zero-order chi connectivity index (χ0) is 17.3. The summed E-state index contributed by atoms with van der Waals surface area (Å²) in [5.74, 6) is -0.908. The highest BCUT2D eigenvalue weighted by Crippen LogP contribution is 2.39. The molecular weight excluding hydrogens is 350 g/mol. The second-order valence-electron chi connectivity index (χ2n) is 5.09. The third-order valence-corrected chi connectivity index (χ3v) is 5.89. The summed E-state index contributed by atoms with van der Waals surface area (Å²) in [4.78, 5) is 15.0. The lowest BCUT2D eigenvalue weighted by molar-refractivity contribution is 0.0997. The molecule has 3 N–H and O–H groups in total. The Labute approximate surface area is 144 Å². The van der Waals surface area contributed by atoms with E-state index in [1.54, 1.807) is 30.3 Å². The quantitative estimate of drug-likeness (QED) is 0.681. The Morgan fingerprint density at radius 3 is 2.62 bits per heavy atom. The maximum Gasteiger partial charge on any atom is 0.265 e. The summed E-state index contributed by atoms with van der Waals surface area (Å²) in [6.07, 6.45) is 0. The molecule has 24 heavy (non-hydrogen) atoms. The molecule has 1 amide bonds. The minimum absolute atomic E-state index is 0.288. The van der Waals surface area contributed by atoms with Crippen LogP contribution in [-0.2, 0) is 4.52 Å². The molecule has 3 rings (SSSR count). The zero-order valence-electron chi connectivity index (χ0n) is 12.8. The Bertz CT molecular complexity index is 895. The number of fused-ring (bicyclic) bond motifs is 1. The van der Waals surface area contributed by atoms with Crippen molar-refractivity contribution in [1.29, 1.82) is 0 Å². The monoisotopic (exact) mass is 364 g/mol. The number of carbonyl (C=O) groups is 1. The van der Waals surface area contributed by atoms with E-state index in [9.17, 15) is 9.18 Å². The molecule has 0 saturated carbocycles. The fourth-order valence-corrected chi connectivity index (χ4v) is 4.67. The molecule has 124 valence electrons. The number of primary amides is 1. The number of H-pyrrole nitrogens is 1. The largest absolute Gasteiger partial charge is 0.364 e. The maximum absolute atomic E-state index is 13.3. The second kappa shape index (κ2) is 6.89. The Kier molecular flexibility index (Phi) is 4.86. The molecule has 0 aliphatic rings. The van der Waals surface area contributed by atoms with Crippen molar-refractivity contribution >= 4 is 47.2 Å². The lowest BCUT2D eigenvalue weighted by atomic mass is 10.2. The minimum Gasteiger partial charge on any atom is -0.364 e. The van der Waals surface area contributed by atoms with E-state index in [0.29, 0.717) is 16.9 Å². The van der Waals surface area contributed by atoms with E-state index in [0.717, 1.165) is 16.2 Å². The van der Waals surface area contributed by atoms with Crippen molar-refractivity contribution in [1.82, 2.24) is 4.98 Å². The molecule has 3 aromatic rings. The summed E-state index contributed by atoms with van der Waals surface area (Å²) in [6.45, 7) is 2.30. The van der Waals surface area contributed by atoms with Crippen molar-refractivity contribution < 1.29 is 13.7 Å². The first-order chi connectivity index (χ1) is 11.5. The molecule has 0 fully saturated rings. The van der Waals surface area contributed by atoms with Crippen molar-refractivity contribution in [3.8, 4) is 0 Å². The van der Waals surface area contributed by atoms with Gasteiger partial charge in [-0.3, -0.25) is 4.79 Å². The first kappa shape index (κ1) is 16.9. The van der Waals surface area contributed by atoms with E-state index in [1.807, 2.05) is 6.92 Å². The summed E-state index contributed by atoms with van der Waals surface area (Å²) >= 11 is 6.11. The highest BCUT2D eigenvalue weighted by atomic mass is 35.5. The van der Waals surface area contributed by atoms with Gasteiger partial charge in [0.2, 0.25) is 0 Å². The number of benzene rings is 2. The predicted octanol–water partition coefficient (Wildman–Crippen LogP) is 3.44. The van der Waals surface area contributed by atoms with Crippen LogP contribution in [0.4, 0.5) is 4.39 Å². The SMILES string of the molecule is CCOP(c1ccc(F)cc1)c1c(C(N)=O)[nH]c2ccc(Cl)cc12. The van der Waals surface area contributed by atoms with Crippen LogP contribution in [0.1, 0.15) is 17.4 Å². The third kappa shape index (κ3) is 3.16. The van der Waals surface area contributed by atoms with Gasteiger partial charge in [-0.25, -0.2) is 4.39 Å². The number of aromatic amines is 1. The van der Waals surface area contributed by atoms with Crippen LogP contribution in [0.15, 0.2) is 42.5 Å². The van der Waals surface area contributed by atoms with Crippen LogP contribution in [0.2, 0.25) is 5.02 Å². The Balaban J connectivity index is 2.26. The van der Waals surface area contributed by atoms with Gasteiger partial charge in [-0.2, -0.15) is 0 Å². The number of nitrogens with one attached hydrogen (secondary N) is 1. The number of amides is 1. The van der Waals surface area contributed by atoms with Gasteiger partial charge in [0.05, 0.1) is 8.15 Å². The average Bonchev–Trinajstić information content (AvgIpc) is 2.92. The maximum atomic E-state index is 13.3. The van der Waals surface area contributed by atoms with E-state index < -0.39 is 14.1 Å². The minimum atomic E-state index is -1.35. The molecule has 1 aromatic heterocycles. The van der Waals surface area contributed by atoms with Gasteiger partial charge in [-0.1, -0.05) is 11.6 Å². The fourth-order valence-electron chi connectivity index (χ4n) is 2.51. The van der Waals surface area contributed by atoms with Crippen molar-refractivity contribution in [2.24, 2.45) is 5.73 Å². The van der Waals surface area contributed by atoms with E-state index in [-0.39, 0.29) is 11.5 Å². The topological polar surface area (TPSA) is 68.1 Å². The molecule has 0 radical (unpaired) electrons. The molecule has 1 atom stereocenters. The standard InChI is InChI=1S/C17H15ClFN2O2P/c1-2-23-24(12-6-4-11(19)5-7-12)16-13-9-10(18)3-8-14(13)21-15(16)17(20)22/h3-9,21H,2H2,1H3,(H2,20,22). The van der Waals surface area contributed by atoms with Gasteiger partial charge in [-0.05, 0) is 49.4 Å². The van der Waals surface area contributed by atoms with Crippen LogP contribution in [0, 0.1) is 5.82 Å². The Morgan fingerprint density at radius 1 is 1.29 bits per heavy atom. The van der Waals surface area contributed by atoms with Crippen molar-refractivity contribution in [2.45, 2.75) is 6.92 Å². The number of hydrogen-bond donors (Lipinski definition) is 2. The van der Waals surface area contributed by atoms with Gasteiger partial charge in [0, 0.05) is 33.1 Å². The lowest BCUT2D eigenvalue weighted by Gasteiger charge is -2.18. The van der Waals surface area contributed by atoms with Crippen LogP contribution in [0.3, 0.4) is 0 Å².